The highest BCUT2D eigenvalue weighted by Gasteiger charge is 2.37. The number of aromatic nitrogens is 2. The highest BCUT2D eigenvalue weighted by Crippen LogP contribution is 2.43. The molecule has 0 bridgehead atoms. The maximum absolute atomic E-state index is 12.9. The van der Waals surface area contributed by atoms with Crippen LogP contribution in [0.1, 0.15) is 17.0 Å². The number of nitrogens with zero attached hydrogens (tertiary/aromatic N) is 3. The topological polar surface area (TPSA) is 108 Å². The zero-order chi connectivity index (χ0) is 19.8. The summed E-state index contributed by atoms with van der Waals surface area (Å²) in [5.41, 5.74) is 7.32. The summed E-state index contributed by atoms with van der Waals surface area (Å²) >= 11 is 0. The van der Waals surface area contributed by atoms with E-state index in [1.165, 1.54) is 4.57 Å². The van der Waals surface area contributed by atoms with Crippen molar-refractivity contribution >= 4 is 11.5 Å². The van der Waals surface area contributed by atoms with Gasteiger partial charge in [-0.3, -0.25) is 19.2 Å². The molecule has 3 aromatic rings. The Labute approximate surface area is 160 Å². The van der Waals surface area contributed by atoms with E-state index in [1.54, 1.807) is 24.1 Å². The molecule has 3 N–H and O–H groups in total. The fourth-order valence-corrected chi connectivity index (χ4v) is 3.62. The van der Waals surface area contributed by atoms with Crippen LogP contribution < -0.4 is 21.9 Å². The first-order valence-electron chi connectivity index (χ1n) is 8.67. The molecule has 1 aromatic heterocycles. The molecule has 1 unspecified atom stereocenters. The van der Waals surface area contributed by atoms with Crippen molar-refractivity contribution in [3.8, 4) is 6.07 Å². The van der Waals surface area contributed by atoms with Gasteiger partial charge >= 0.3 is 5.69 Å². The first kappa shape index (κ1) is 17.4. The summed E-state index contributed by atoms with van der Waals surface area (Å²) in [6, 6.07) is 20.5. The smallest absolute Gasteiger partial charge is 0.329 e. The minimum Gasteiger partial charge on any atom is -0.384 e. The summed E-state index contributed by atoms with van der Waals surface area (Å²) in [5.74, 6) is -0.127. The molecule has 7 nitrogen and oxygen atoms in total. The van der Waals surface area contributed by atoms with Crippen molar-refractivity contribution in [3.05, 3.63) is 104 Å². The highest BCUT2D eigenvalue weighted by molar-refractivity contribution is 5.75. The molecule has 1 aliphatic rings. The van der Waals surface area contributed by atoms with Crippen molar-refractivity contribution in [2.75, 3.05) is 4.90 Å². The summed E-state index contributed by atoms with van der Waals surface area (Å²) in [6.07, 6.45) is 0. The van der Waals surface area contributed by atoms with Gasteiger partial charge in [-0.15, -0.1) is 0 Å². The van der Waals surface area contributed by atoms with Gasteiger partial charge in [0.25, 0.3) is 5.56 Å². The van der Waals surface area contributed by atoms with Gasteiger partial charge in [0, 0.05) is 12.7 Å². The van der Waals surface area contributed by atoms with Gasteiger partial charge in [-0.1, -0.05) is 48.5 Å². The zero-order valence-corrected chi connectivity index (χ0v) is 15.1. The lowest BCUT2D eigenvalue weighted by atomic mass is 9.83. The lowest BCUT2D eigenvalue weighted by molar-refractivity contribution is 0.734. The zero-order valence-electron chi connectivity index (χ0n) is 15.1. The van der Waals surface area contributed by atoms with Gasteiger partial charge in [0.1, 0.15) is 11.6 Å². The first-order valence-corrected chi connectivity index (χ1v) is 8.67. The normalized spacial score (nSPS) is 15.9. The number of rotatable bonds is 2. The predicted molar refractivity (Wildman–Crippen MR) is 106 cm³/mol. The van der Waals surface area contributed by atoms with E-state index in [0.29, 0.717) is 17.1 Å². The Morgan fingerprint density at radius 3 is 2.25 bits per heavy atom. The number of nitrogens with two attached hydrogens (primary N) is 1. The van der Waals surface area contributed by atoms with Gasteiger partial charge in [0.2, 0.25) is 0 Å². The number of benzene rings is 2. The SMILES string of the molecule is Cn1c2c(c(=O)[nH]c1=O)C(c1ccccc1)C(C#N)=C(N)N2c1ccccc1. The molecule has 0 aliphatic carbocycles. The standard InChI is InChI=1S/C21H17N5O2/c1-25-20-17(19(27)24-21(25)28)16(13-8-4-2-5-9-13)15(12-22)18(23)26(20)14-10-6-3-7-11-14/h2-11,16H,23H2,1H3,(H,24,27,28). The quantitative estimate of drug-likeness (QED) is 0.717. The number of allylic oxidation sites excluding steroid dienone is 1. The van der Waals surface area contributed by atoms with Crippen LogP contribution >= 0.6 is 0 Å². The van der Waals surface area contributed by atoms with E-state index in [2.05, 4.69) is 11.1 Å². The van der Waals surface area contributed by atoms with Crippen LogP contribution in [0.4, 0.5) is 11.5 Å². The van der Waals surface area contributed by atoms with Crippen LogP contribution in [-0.2, 0) is 7.05 Å². The second-order valence-electron chi connectivity index (χ2n) is 6.48. The van der Waals surface area contributed by atoms with Crippen LogP contribution in [0.25, 0.3) is 0 Å². The molecule has 0 saturated heterocycles. The molecule has 0 saturated carbocycles. The second-order valence-corrected chi connectivity index (χ2v) is 6.48. The summed E-state index contributed by atoms with van der Waals surface area (Å²) in [5, 5.41) is 9.90. The van der Waals surface area contributed by atoms with Crippen LogP contribution in [0, 0.1) is 11.3 Å². The van der Waals surface area contributed by atoms with E-state index >= 15 is 0 Å². The maximum Gasteiger partial charge on any atom is 0.329 e. The minimum absolute atomic E-state index is 0.190. The number of hydrogen-bond donors (Lipinski definition) is 2. The molecule has 2 heterocycles. The van der Waals surface area contributed by atoms with Gasteiger partial charge in [-0.25, -0.2) is 4.79 Å². The van der Waals surface area contributed by atoms with Crippen LogP contribution in [-0.4, -0.2) is 9.55 Å². The van der Waals surface area contributed by atoms with E-state index in [0.717, 1.165) is 5.56 Å². The fraction of sp³-hybridized carbons (Fsp3) is 0.0952. The van der Waals surface area contributed by atoms with Crippen molar-refractivity contribution in [3.63, 3.8) is 0 Å². The van der Waals surface area contributed by atoms with Crippen molar-refractivity contribution < 1.29 is 0 Å². The van der Waals surface area contributed by atoms with Crippen LogP contribution in [0.15, 0.2) is 81.6 Å². The molecule has 0 fully saturated rings. The third-order valence-electron chi connectivity index (χ3n) is 4.90. The van der Waals surface area contributed by atoms with E-state index in [9.17, 15) is 14.9 Å². The first-order chi connectivity index (χ1) is 13.5. The Hall–Kier alpha value is -4.05. The Balaban J connectivity index is 2.14. The number of anilines is 2. The lowest BCUT2D eigenvalue weighted by Gasteiger charge is -2.36. The number of para-hydroxylation sites is 1. The number of nitriles is 1. The lowest BCUT2D eigenvalue weighted by Crippen LogP contribution is -2.42. The van der Waals surface area contributed by atoms with Crippen molar-refractivity contribution in [2.45, 2.75) is 5.92 Å². The molecule has 1 atom stereocenters. The Kier molecular flexibility index (Phi) is 4.09. The van der Waals surface area contributed by atoms with Crippen LogP contribution in [0.5, 0.6) is 0 Å². The predicted octanol–water partition coefficient (Wildman–Crippen LogP) is 2.05. The van der Waals surface area contributed by atoms with Gasteiger partial charge in [0.15, 0.2) is 0 Å². The van der Waals surface area contributed by atoms with Crippen molar-refractivity contribution in [2.24, 2.45) is 12.8 Å². The maximum atomic E-state index is 12.9. The molecular formula is C21H17N5O2. The molecule has 28 heavy (non-hydrogen) atoms. The average Bonchev–Trinajstić information content (AvgIpc) is 2.72. The largest absolute Gasteiger partial charge is 0.384 e. The minimum atomic E-state index is -0.670. The molecule has 0 amide bonds. The summed E-state index contributed by atoms with van der Waals surface area (Å²) in [4.78, 5) is 29.2. The van der Waals surface area contributed by atoms with Crippen molar-refractivity contribution in [1.29, 1.82) is 5.26 Å². The van der Waals surface area contributed by atoms with Crippen LogP contribution in [0.2, 0.25) is 0 Å². The number of fused-ring (bicyclic) bond motifs is 1. The summed E-state index contributed by atoms with van der Waals surface area (Å²) in [7, 11) is 1.57. The number of H-pyrrole nitrogens is 1. The molecule has 7 heteroatoms. The van der Waals surface area contributed by atoms with Gasteiger partial charge < -0.3 is 5.73 Å². The summed E-state index contributed by atoms with van der Waals surface area (Å²) < 4.78 is 1.35. The molecule has 0 radical (unpaired) electrons. The Bertz CT molecular complexity index is 1230. The van der Waals surface area contributed by atoms with E-state index in [4.69, 9.17) is 5.73 Å². The van der Waals surface area contributed by atoms with Gasteiger partial charge in [0.05, 0.1) is 23.1 Å². The molecule has 2 aromatic carbocycles. The summed E-state index contributed by atoms with van der Waals surface area (Å²) in [6.45, 7) is 0. The monoisotopic (exact) mass is 371 g/mol. The molecule has 4 rings (SSSR count). The molecular weight excluding hydrogens is 354 g/mol. The third-order valence-corrected chi connectivity index (χ3v) is 4.90. The van der Waals surface area contributed by atoms with E-state index in [1.807, 2.05) is 48.5 Å². The molecule has 138 valence electrons. The Morgan fingerprint density at radius 2 is 1.64 bits per heavy atom. The fourth-order valence-electron chi connectivity index (χ4n) is 3.62. The van der Waals surface area contributed by atoms with E-state index < -0.39 is 17.2 Å². The number of hydrogen-bond acceptors (Lipinski definition) is 5. The van der Waals surface area contributed by atoms with Gasteiger partial charge in [-0.2, -0.15) is 5.26 Å². The van der Waals surface area contributed by atoms with Gasteiger partial charge in [-0.05, 0) is 17.7 Å². The second kappa shape index (κ2) is 6.59. The average molecular weight is 371 g/mol. The highest BCUT2D eigenvalue weighted by atomic mass is 16.2. The third kappa shape index (κ3) is 2.51. The van der Waals surface area contributed by atoms with E-state index in [-0.39, 0.29) is 11.4 Å². The number of aromatic amines is 1. The van der Waals surface area contributed by atoms with Crippen molar-refractivity contribution in [1.82, 2.24) is 9.55 Å². The Morgan fingerprint density at radius 1 is 1.04 bits per heavy atom. The molecule has 1 aliphatic heterocycles. The van der Waals surface area contributed by atoms with Crippen LogP contribution in [0.3, 0.4) is 0 Å². The molecule has 0 spiro atoms. The number of nitrogens with one attached hydrogen (secondary N) is 1.